The Hall–Kier alpha value is -1.28. The van der Waals surface area contributed by atoms with Crippen LogP contribution in [0.25, 0.3) is 0 Å². The average molecular weight is 326 g/mol. The Kier molecular flexibility index (Phi) is 5.69. The number of ether oxygens (including phenoxy) is 1. The molecule has 6 nitrogen and oxygen atoms in total. The molecule has 0 aliphatic carbocycles. The Balaban J connectivity index is 1.89. The molecule has 2 rings (SSSR count). The lowest BCUT2D eigenvalue weighted by atomic mass is 10.2. The predicted octanol–water partition coefficient (Wildman–Crippen LogP) is 0.888. The van der Waals surface area contributed by atoms with Crippen molar-refractivity contribution in [1.29, 1.82) is 0 Å². The van der Waals surface area contributed by atoms with Crippen LogP contribution >= 0.6 is 0 Å². The van der Waals surface area contributed by atoms with Gasteiger partial charge in [0.25, 0.3) is 0 Å². The number of ketones is 1. The van der Waals surface area contributed by atoms with Gasteiger partial charge in [0.05, 0.1) is 17.6 Å². The Morgan fingerprint density at radius 2 is 2.05 bits per heavy atom. The monoisotopic (exact) mass is 326 g/mol. The molecule has 1 unspecified atom stereocenters. The molecule has 122 valence electrons. The summed E-state index contributed by atoms with van der Waals surface area (Å²) in [6.07, 6.45) is 0.691. The van der Waals surface area contributed by atoms with E-state index in [1.165, 1.54) is 31.2 Å². The third kappa shape index (κ3) is 4.61. The molecule has 1 N–H and O–H groups in total. The van der Waals surface area contributed by atoms with Gasteiger partial charge in [0.15, 0.2) is 5.78 Å². The van der Waals surface area contributed by atoms with E-state index in [-0.39, 0.29) is 16.8 Å². The SMILES string of the molecule is CC(=O)c1ccc(S(=O)(=O)NCCC2CN(C)CCO2)cc1. The van der Waals surface area contributed by atoms with Crippen molar-refractivity contribution in [2.45, 2.75) is 24.3 Å². The number of benzene rings is 1. The van der Waals surface area contributed by atoms with Crippen molar-refractivity contribution in [3.63, 3.8) is 0 Å². The molecule has 1 aliphatic rings. The molecule has 1 fully saturated rings. The number of Topliss-reactive ketones (excluding diaryl/α,β-unsaturated/α-hetero) is 1. The maximum atomic E-state index is 12.2. The van der Waals surface area contributed by atoms with E-state index in [1.807, 2.05) is 7.05 Å². The minimum Gasteiger partial charge on any atom is -0.376 e. The maximum absolute atomic E-state index is 12.2. The van der Waals surface area contributed by atoms with Gasteiger partial charge in [-0.2, -0.15) is 0 Å². The van der Waals surface area contributed by atoms with Crippen LogP contribution in [0.4, 0.5) is 0 Å². The maximum Gasteiger partial charge on any atom is 0.240 e. The molecular formula is C15H22N2O4S. The third-order valence-electron chi connectivity index (χ3n) is 3.67. The quantitative estimate of drug-likeness (QED) is 0.786. The molecule has 7 heteroatoms. The summed E-state index contributed by atoms with van der Waals surface area (Å²) in [7, 11) is -1.52. The number of nitrogens with one attached hydrogen (secondary N) is 1. The van der Waals surface area contributed by atoms with Crippen LogP contribution in [0.5, 0.6) is 0 Å². The van der Waals surface area contributed by atoms with Gasteiger partial charge in [0.2, 0.25) is 10.0 Å². The lowest BCUT2D eigenvalue weighted by Gasteiger charge is -2.30. The van der Waals surface area contributed by atoms with Gasteiger partial charge >= 0.3 is 0 Å². The van der Waals surface area contributed by atoms with Gasteiger partial charge in [0.1, 0.15) is 0 Å². The van der Waals surface area contributed by atoms with E-state index in [2.05, 4.69) is 9.62 Å². The molecule has 1 heterocycles. The van der Waals surface area contributed by atoms with Crippen LogP contribution in [0, 0.1) is 0 Å². The second-order valence-electron chi connectivity index (χ2n) is 5.52. The van der Waals surface area contributed by atoms with E-state index in [0.29, 0.717) is 25.1 Å². The molecule has 0 radical (unpaired) electrons. The number of carbonyl (C=O) groups excluding carboxylic acids is 1. The van der Waals surface area contributed by atoms with Gasteiger partial charge in [-0.1, -0.05) is 12.1 Å². The highest BCUT2D eigenvalue weighted by molar-refractivity contribution is 7.89. The largest absolute Gasteiger partial charge is 0.376 e. The summed E-state index contributed by atoms with van der Waals surface area (Å²) in [5.74, 6) is -0.0875. The lowest BCUT2D eigenvalue weighted by Crippen LogP contribution is -2.41. The lowest BCUT2D eigenvalue weighted by molar-refractivity contribution is -0.0222. The van der Waals surface area contributed by atoms with Gasteiger partial charge in [-0.3, -0.25) is 4.79 Å². The molecular weight excluding hydrogens is 304 g/mol. The summed E-state index contributed by atoms with van der Waals surface area (Å²) in [6, 6.07) is 5.94. The topological polar surface area (TPSA) is 75.7 Å². The normalized spacial score (nSPS) is 20.0. The average Bonchev–Trinajstić information content (AvgIpc) is 2.47. The van der Waals surface area contributed by atoms with Crippen molar-refractivity contribution >= 4 is 15.8 Å². The minimum absolute atomic E-state index is 0.0570. The van der Waals surface area contributed by atoms with E-state index >= 15 is 0 Å². The van der Waals surface area contributed by atoms with Crippen LogP contribution in [0.2, 0.25) is 0 Å². The van der Waals surface area contributed by atoms with Crippen molar-refractivity contribution in [2.24, 2.45) is 0 Å². The highest BCUT2D eigenvalue weighted by Crippen LogP contribution is 2.12. The first-order chi connectivity index (χ1) is 10.4. The zero-order valence-electron chi connectivity index (χ0n) is 12.9. The van der Waals surface area contributed by atoms with E-state index in [0.717, 1.165) is 13.1 Å². The van der Waals surface area contributed by atoms with Crippen molar-refractivity contribution in [1.82, 2.24) is 9.62 Å². The summed E-state index contributed by atoms with van der Waals surface area (Å²) >= 11 is 0. The predicted molar refractivity (Wildman–Crippen MR) is 83.5 cm³/mol. The van der Waals surface area contributed by atoms with Gasteiger partial charge in [-0.15, -0.1) is 0 Å². The molecule has 1 atom stereocenters. The first kappa shape index (κ1) is 17.1. The fraction of sp³-hybridized carbons (Fsp3) is 0.533. The summed E-state index contributed by atoms with van der Waals surface area (Å²) in [5.41, 5.74) is 0.498. The second kappa shape index (κ2) is 7.32. The van der Waals surface area contributed by atoms with E-state index in [9.17, 15) is 13.2 Å². The summed E-state index contributed by atoms with van der Waals surface area (Å²) in [6.45, 7) is 4.18. The molecule has 1 aliphatic heterocycles. The van der Waals surface area contributed by atoms with Crippen LogP contribution < -0.4 is 4.72 Å². The number of hydrogen-bond donors (Lipinski definition) is 1. The second-order valence-corrected chi connectivity index (χ2v) is 7.29. The van der Waals surface area contributed by atoms with Crippen molar-refractivity contribution < 1.29 is 17.9 Å². The first-order valence-electron chi connectivity index (χ1n) is 7.29. The van der Waals surface area contributed by atoms with E-state index < -0.39 is 10.0 Å². The zero-order valence-corrected chi connectivity index (χ0v) is 13.7. The summed E-state index contributed by atoms with van der Waals surface area (Å²) < 4.78 is 32.5. The Morgan fingerprint density at radius 3 is 2.64 bits per heavy atom. The number of sulfonamides is 1. The Labute approximate surface area is 131 Å². The highest BCUT2D eigenvalue weighted by Gasteiger charge is 2.19. The first-order valence-corrected chi connectivity index (χ1v) is 8.77. The highest BCUT2D eigenvalue weighted by atomic mass is 32.2. The zero-order chi connectivity index (χ0) is 16.2. The number of carbonyl (C=O) groups is 1. The van der Waals surface area contributed by atoms with Crippen LogP contribution in [-0.4, -0.2) is 58.5 Å². The number of nitrogens with zero attached hydrogens (tertiary/aromatic N) is 1. The van der Waals surface area contributed by atoms with Gasteiger partial charge in [-0.05, 0) is 32.5 Å². The molecule has 0 saturated carbocycles. The van der Waals surface area contributed by atoms with Gasteiger partial charge in [0, 0.05) is 25.2 Å². The molecule has 0 bridgehead atoms. The van der Waals surface area contributed by atoms with Crippen LogP contribution in [-0.2, 0) is 14.8 Å². The summed E-state index contributed by atoms with van der Waals surface area (Å²) in [4.78, 5) is 13.5. The Morgan fingerprint density at radius 1 is 1.36 bits per heavy atom. The van der Waals surface area contributed by atoms with Crippen LogP contribution in [0.3, 0.4) is 0 Å². The molecule has 0 amide bonds. The van der Waals surface area contributed by atoms with E-state index in [4.69, 9.17) is 4.74 Å². The number of morpholine rings is 1. The third-order valence-corrected chi connectivity index (χ3v) is 5.15. The minimum atomic E-state index is -3.55. The van der Waals surface area contributed by atoms with Crippen molar-refractivity contribution in [3.05, 3.63) is 29.8 Å². The van der Waals surface area contributed by atoms with Gasteiger partial charge in [-0.25, -0.2) is 13.1 Å². The summed E-state index contributed by atoms with van der Waals surface area (Å²) in [5, 5.41) is 0. The Bertz CT molecular complexity index is 613. The molecule has 1 saturated heterocycles. The van der Waals surface area contributed by atoms with Crippen molar-refractivity contribution in [2.75, 3.05) is 33.3 Å². The standard InChI is InChI=1S/C15H22N2O4S/c1-12(18)13-3-5-15(6-4-13)22(19,20)16-8-7-14-11-17(2)9-10-21-14/h3-6,14,16H,7-11H2,1-2H3. The molecule has 0 spiro atoms. The molecule has 1 aromatic rings. The fourth-order valence-corrected chi connectivity index (χ4v) is 3.40. The molecule has 22 heavy (non-hydrogen) atoms. The van der Waals surface area contributed by atoms with Gasteiger partial charge < -0.3 is 9.64 Å². The van der Waals surface area contributed by atoms with Crippen LogP contribution in [0.1, 0.15) is 23.7 Å². The molecule has 0 aromatic heterocycles. The molecule has 1 aromatic carbocycles. The number of likely N-dealkylation sites (N-methyl/N-ethyl adjacent to an activating group) is 1. The number of hydrogen-bond acceptors (Lipinski definition) is 5. The smallest absolute Gasteiger partial charge is 0.240 e. The van der Waals surface area contributed by atoms with E-state index in [1.54, 1.807) is 0 Å². The number of rotatable bonds is 6. The van der Waals surface area contributed by atoms with Crippen molar-refractivity contribution in [3.8, 4) is 0 Å². The van der Waals surface area contributed by atoms with Crippen LogP contribution in [0.15, 0.2) is 29.2 Å². The fourth-order valence-electron chi connectivity index (χ4n) is 2.35.